The second-order valence-electron chi connectivity index (χ2n) is 3.36. The molecule has 82 valence electrons. The summed E-state index contributed by atoms with van der Waals surface area (Å²) in [5.41, 5.74) is 0. The zero-order valence-electron chi connectivity index (χ0n) is 7.82. The fourth-order valence-corrected chi connectivity index (χ4v) is 2.49. The van der Waals surface area contributed by atoms with Crippen molar-refractivity contribution in [3.8, 4) is 0 Å². The van der Waals surface area contributed by atoms with Gasteiger partial charge in [-0.1, -0.05) is 18.2 Å². The number of anilines is 1. The molecule has 3 rings (SSSR count). The van der Waals surface area contributed by atoms with E-state index in [2.05, 4.69) is 5.10 Å². The minimum Gasteiger partial charge on any atom is -0.197 e. The first-order valence-electron chi connectivity index (χ1n) is 4.50. The first kappa shape index (κ1) is 9.65. The third-order valence-corrected chi connectivity index (χ3v) is 3.32. The second kappa shape index (κ2) is 2.98. The Balaban J connectivity index is 1.93. The Kier molecular flexibility index (Phi) is 1.79. The van der Waals surface area contributed by atoms with Gasteiger partial charge < -0.3 is 0 Å². The lowest BCUT2D eigenvalue weighted by atomic mass is 10.3. The van der Waals surface area contributed by atoms with Crippen molar-refractivity contribution >= 4 is 32.3 Å². The molecule has 0 amide bonds. The number of halogens is 3. The van der Waals surface area contributed by atoms with Gasteiger partial charge in [-0.3, -0.25) is 0 Å². The third kappa shape index (κ3) is 1.46. The molecule has 2 aromatic rings. The number of amidine groups is 1. The summed E-state index contributed by atoms with van der Waals surface area (Å²) in [7, 11) is 0. The van der Waals surface area contributed by atoms with Crippen molar-refractivity contribution in [1.82, 2.24) is 0 Å². The van der Waals surface area contributed by atoms with Gasteiger partial charge in [0.25, 0.3) is 5.84 Å². The number of hydrogen-bond acceptors (Lipinski definition) is 3. The molecule has 0 saturated heterocycles. The summed E-state index contributed by atoms with van der Waals surface area (Å²) in [6, 6.07) is 9.16. The Bertz CT molecular complexity index is 552. The van der Waals surface area contributed by atoms with Gasteiger partial charge in [0.05, 0.1) is 0 Å². The summed E-state index contributed by atoms with van der Waals surface area (Å²) in [4.78, 5) is 0. The van der Waals surface area contributed by atoms with E-state index in [1.165, 1.54) is 11.3 Å². The van der Waals surface area contributed by atoms with E-state index in [4.69, 9.17) is 0 Å². The van der Waals surface area contributed by atoms with E-state index in [1.807, 2.05) is 24.3 Å². The highest BCUT2D eigenvalue weighted by Gasteiger charge is 2.49. The predicted octanol–water partition coefficient (Wildman–Crippen LogP) is 3.60. The monoisotopic (exact) mass is 242 g/mol. The van der Waals surface area contributed by atoms with Crippen molar-refractivity contribution in [2.75, 3.05) is 5.01 Å². The molecule has 0 unspecified atom stereocenters. The lowest BCUT2D eigenvalue weighted by molar-refractivity contribution is -0.0563. The number of nitrogens with zero attached hydrogens (tertiary/aromatic N) is 2. The molecule has 0 N–H and O–H groups in total. The number of alkyl halides is 3. The van der Waals surface area contributed by atoms with Crippen LogP contribution in [0, 0.1) is 0 Å². The maximum absolute atomic E-state index is 12.3. The SMILES string of the molecule is FC(F)(F)C1=NN1c1cc2ccccc2s1. The smallest absolute Gasteiger partial charge is 0.197 e. The van der Waals surface area contributed by atoms with Crippen LogP contribution in [-0.4, -0.2) is 12.0 Å². The largest absolute Gasteiger partial charge is 0.453 e. The maximum atomic E-state index is 12.3. The van der Waals surface area contributed by atoms with Gasteiger partial charge in [0.2, 0.25) is 0 Å². The topological polar surface area (TPSA) is 15.4 Å². The van der Waals surface area contributed by atoms with Gasteiger partial charge in [-0.25, -0.2) is 0 Å². The molecular weight excluding hydrogens is 237 g/mol. The van der Waals surface area contributed by atoms with Gasteiger partial charge in [-0.2, -0.15) is 18.2 Å². The molecule has 1 aliphatic heterocycles. The quantitative estimate of drug-likeness (QED) is 0.745. The Morgan fingerprint density at radius 1 is 1.19 bits per heavy atom. The molecule has 1 aromatic carbocycles. The molecule has 0 radical (unpaired) electrons. The van der Waals surface area contributed by atoms with Gasteiger partial charge in [0.15, 0.2) is 0 Å². The van der Waals surface area contributed by atoms with Crippen LogP contribution in [0.1, 0.15) is 0 Å². The highest BCUT2D eigenvalue weighted by Crippen LogP contribution is 2.39. The zero-order chi connectivity index (χ0) is 11.3. The minimum atomic E-state index is -4.35. The number of hydrogen-bond donors (Lipinski definition) is 0. The van der Waals surface area contributed by atoms with Crippen molar-refractivity contribution in [1.29, 1.82) is 0 Å². The molecule has 1 aliphatic rings. The van der Waals surface area contributed by atoms with Crippen LogP contribution in [0.4, 0.5) is 18.2 Å². The molecule has 0 aliphatic carbocycles. The number of hydrazone groups is 1. The van der Waals surface area contributed by atoms with Crippen molar-refractivity contribution in [2.45, 2.75) is 6.18 Å². The van der Waals surface area contributed by atoms with Crippen LogP contribution in [0.2, 0.25) is 0 Å². The van der Waals surface area contributed by atoms with Gasteiger partial charge in [0.1, 0.15) is 5.00 Å². The number of fused-ring (bicyclic) bond motifs is 1. The lowest BCUT2D eigenvalue weighted by Crippen LogP contribution is -2.21. The van der Waals surface area contributed by atoms with E-state index in [9.17, 15) is 13.2 Å². The van der Waals surface area contributed by atoms with Gasteiger partial charge in [-0.05, 0) is 17.5 Å². The fourth-order valence-electron chi connectivity index (χ4n) is 1.48. The van der Waals surface area contributed by atoms with Crippen LogP contribution in [0.15, 0.2) is 35.4 Å². The summed E-state index contributed by atoms with van der Waals surface area (Å²) < 4.78 is 37.8. The van der Waals surface area contributed by atoms with E-state index in [1.54, 1.807) is 6.07 Å². The van der Waals surface area contributed by atoms with Crippen molar-refractivity contribution < 1.29 is 13.2 Å². The van der Waals surface area contributed by atoms with Crippen LogP contribution in [0.5, 0.6) is 0 Å². The van der Waals surface area contributed by atoms with E-state index < -0.39 is 12.0 Å². The van der Waals surface area contributed by atoms with Gasteiger partial charge in [0, 0.05) is 4.70 Å². The first-order chi connectivity index (χ1) is 7.55. The summed E-state index contributed by atoms with van der Waals surface area (Å²) >= 11 is 1.30. The molecular formula is C10H5F3N2S. The second-order valence-corrected chi connectivity index (χ2v) is 4.42. The molecule has 16 heavy (non-hydrogen) atoms. The maximum Gasteiger partial charge on any atom is 0.453 e. The van der Waals surface area contributed by atoms with Crippen molar-refractivity contribution in [3.63, 3.8) is 0 Å². The normalized spacial score (nSPS) is 15.4. The number of thiophene rings is 1. The first-order valence-corrected chi connectivity index (χ1v) is 5.32. The Labute approximate surface area is 92.6 Å². The number of rotatable bonds is 1. The van der Waals surface area contributed by atoms with Gasteiger partial charge >= 0.3 is 6.18 Å². The molecule has 1 aromatic heterocycles. The fraction of sp³-hybridized carbons (Fsp3) is 0.100. The number of benzene rings is 1. The highest BCUT2D eigenvalue weighted by atomic mass is 32.1. The summed E-state index contributed by atoms with van der Waals surface area (Å²) in [5, 5.41) is 5.71. The van der Waals surface area contributed by atoms with E-state index >= 15 is 0 Å². The van der Waals surface area contributed by atoms with Crippen molar-refractivity contribution in [3.05, 3.63) is 30.3 Å². The van der Waals surface area contributed by atoms with Crippen LogP contribution in [-0.2, 0) is 0 Å². The Morgan fingerprint density at radius 2 is 1.94 bits per heavy atom. The van der Waals surface area contributed by atoms with E-state index in [0.717, 1.165) is 15.1 Å². The average molecular weight is 242 g/mol. The molecule has 0 saturated carbocycles. The summed E-state index contributed by atoms with van der Waals surface area (Å²) in [5.74, 6) is -0.820. The van der Waals surface area contributed by atoms with Crippen LogP contribution in [0.3, 0.4) is 0 Å². The van der Waals surface area contributed by atoms with Crippen LogP contribution < -0.4 is 5.01 Å². The Hall–Kier alpha value is -1.56. The zero-order valence-corrected chi connectivity index (χ0v) is 8.64. The van der Waals surface area contributed by atoms with Crippen LogP contribution in [0.25, 0.3) is 10.1 Å². The molecule has 2 nitrogen and oxygen atoms in total. The average Bonchev–Trinajstić information content (AvgIpc) is 2.91. The third-order valence-electron chi connectivity index (χ3n) is 2.23. The van der Waals surface area contributed by atoms with Crippen LogP contribution >= 0.6 is 11.3 Å². The summed E-state index contributed by atoms with van der Waals surface area (Å²) in [6.07, 6.45) is -4.35. The molecule has 0 spiro atoms. The minimum absolute atomic E-state index is 0.508. The van der Waals surface area contributed by atoms with Gasteiger partial charge in [-0.15, -0.1) is 16.4 Å². The lowest BCUT2D eigenvalue weighted by Gasteiger charge is -2.00. The predicted molar refractivity (Wildman–Crippen MR) is 57.8 cm³/mol. The van der Waals surface area contributed by atoms with E-state index in [-0.39, 0.29) is 0 Å². The molecule has 6 heteroatoms. The summed E-state index contributed by atoms with van der Waals surface area (Å²) in [6.45, 7) is 0. The standard InChI is InChI=1S/C10H5F3N2S/c11-10(12,13)9-14-15(9)8-5-6-3-1-2-4-7(6)16-8/h1-5H. The molecule has 0 bridgehead atoms. The van der Waals surface area contributed by atoms with E-state index in [0.29, 0.717) is 5.00 Å². The molecule has 0 atom stereocenters. The van der Waals surface area contributed by atoms with Crippen molar-refractivity contribution in [2.24, 2.45) is 5.10 Å². The Morgan fingerprint density at radius 3 is 2.56 bits per heavy atom. The molecule has 0 fully saturated rings. The highest BCUT2D eigenvalue weighted by molar-refractivity contribution is 7.23. The molecule has 2 heterocycles.